The molecule has 2 aromatic carbocycles. The topological polar surface area (TPSA) is 75.1 Å². The highest BCUT2D eigenvalue weighted by atomic mass is 16.4. The third-order valence-electron chi connectivity index (χ3n) is 3.93. The summed E-state index contributed by atoms with van der Waals surface area (Å²) in [5.74, 6) is 0. The Hall–Kier alpha value is -3.34. The van der Waals surface area contributed by atoms with E-state index in [4.69, 9.17) is 0 Å². The normalized spacial score (nSPS) is 11.1. The monoisotopic (exact) mass is 304 g/mol. The second kappa shape index (κ2) is 4.84. The van der Waals surface area contributed by atoms with E-state index in [1.165, 1.54) is 0 Å². The molecule has 2 N–H and O–H groups in total. The largest absolute Gasteiger partial charge is 0.464 e. The van der Waals surface area contributed by atoms with Gasteiger partial charge in [-0.1, -0.05) is 36.4 Å². The molecule has 4 rings (SSSR count). The van der Waals surface area contributed by atoms with Crippen LogP contribution in [0.3, 0.4) is 0 Å². The Morgan fingerprint density at radius 3 is 2.43 bits per heavy atom. The van der Waals surface area contributed by atoms with Gasteiger partial charge in [-0.2, -0.15) is 0 Å². The number of benzene rings is 2. The van der Waals surface area contributed by atoms with Crippen molar-refractivity contribution in [3.05, 3.63) is 71.0 Å². The fraction of sp³-hybridized carbons (Fsp3) is 0. The first-order chi connectivity index (χ1) is 11.1. The number of aromatic amines is 1. The van der Waals surface area contributed by atoms with Crippen LogP contribution in [0.5, 0.6) is 0 Å². The molecule has 0 unspecified atom stereocenters. The SMILES string of the molecule is O=C(O)n1c(-c2cc3ccccc3[nH]c2=O)cc2ccccc21. The van der Waals surface area contributed by atoms with Crippen LogP contribution in [0, 0.1) is 0 Å². The van der Waals surface area contributed by atoms with Crippen molar-refractivity contribution >= 4 is 27.9 Å². The number of nitrogens with one attached hydrogen (secondary N) is 1. The molecule has 4 aromatic rings. The highest BCUT2D eigenvalue weighted by molar-refractivity contribution is 5.96. The van der Waals surface area contributed by atoms with Crippen LogP contribution in [0.15, 0.2) is 65.5 Å². The van der Waals surface area contributed by atoms with Crippen LogP contribution in [-0.4, -0.2) is 20.8 Å². The average Bonchev–Trinajstić information content (AvgIpc) is 2.93. The quantitative estimate of drug-likeness (QED) is 0.563. The first kappa shape index (κ1) is 13.3. The molecule has 0 aliphatic rings. The molecule has 0 saturated carbocycles. The minimum atomic E-state index is -1.12. The maximum absolute atomic E-state index is 12.4. The van der Waals surface area contributed by atoms with Crippen molar-refractivity contribution in [2.24, 2.45) is 0 Å². The number of aromatic nitrogens is 2. The summed E-state index contributed by atoms with van der Waals surface area (Å²) in [7, 11) is 0. The van der Waals surface area contributed by atoms with Crippen LogP contribution in [0.2, 0.25) is 0 Å². The Labute approximate surface area is 130 Å². The van der Waals surface area contributed by atoms with Crippen LogP contribution in [-0.2, 0) is 0 Å². The minimum Gasteiger partial charge on any atom is -0.464 e. The van der Waals surface area contributed by atoms with Crippen molar-refractivity contribution < 1.29 is 9.90 Å². The molecular formula is C18H12N2O3. The van der Waals surface area contributed by atoms with Gasteiger partial charge in [-0.05, 0) is 29.7 Å². The number of fused-ring (bicyclic) bond motifs is 2. The Morgan fingerprint density at radius 2 is 1.65 bits per heavy atom. The zero-order valence-electron chi connectivity index (χ0n) is 12.0. The van der Waals surface area contributed by atoms with E-state index >= 15 is 0 Å². The van der Waals surface area contributed by atoms with Crippen molar-refractivity contribution in [2.45, 2.75) is 0 Å². The average molecular weight is 304 g/mol. The molecule has 112 valence electrons. The van der Waals surface area contributed by atoms with Gasteiger partial charge >= 0.3 is 6.09 Å². The van der Waals surface area contributed by atoms with E-state index in [-0.39, 0.29) is 5.56 Å². The molecule has 2 heterocycles. The summed E-state index contributed by atoms with van der Waals surface area (Å²) >= 11 is 0. The van der Waals surface area contributed by atoms with Gasteiger partial charge in [-0.25, -0.2) is 9.36 Å². The van der Waals surface area contributed by atoms with Gasteiger partial charge < -0.3 is 10.1 Å². The van der Waals surface area contributed by atoms with Crippen molar-refractivity contribution in [3.63, 3.8) is 0 Å². The fourth-order valence-corrected chi connectivity index (χ4v) is 2.90. The van der Waals surface area contributed by atoms with E-state index in [1.807, 2.05) is 36.4 Å². The van der Waals surface area contributed by atoms with Gasteiger partial charge in [0.1, 0.15) is 0 Å². The van der Waals surface area contributed by atoms with Crippen LogP contribution in [0.1, 0.15) is 0 Å². The zero-order valence-corrected chi connectivity index (χ0v) is 12.0. The summed E-state index contributed by atoms with van der Waals surface area (Å²) in [5.41, 5.74) is 1.67. The van der Waals surface area contributed by atoms with Gasteiger partial charge in [0.25, 0.3) is 5.56 Å². The first-order valence-corrected chi connectivity index (χ1v) is 7.11. The molecule has 5 heteroatoms. The smallest absolute Gasteiger partial charge is 0.416 e. The lowest BCUT2D eigenvalue weighted by Gasteiger charge is -2.06. The van der Waals surface area contributed by atoms with Gasteiger partial charge in [0.15, 0.2) is 0 Å². The van der Waals surface area contributed by atoms with Crippen molar-refractivity contribution in [1.82, 2.24) is 9.55 Å². The second-order valence-electron chi connectivity index (χ2n) is 5.31. The van der Waals surface area contributed by atoms with E-state index < -0.39 is 6.09 Å². The number of hydrogen-bond acceptors (Lipinski definition) is 2. The minimum absolute atomic E-state index is 0.311. The molecule has 2 aromatic heterocycles. The van der Waals surface area contributed by atoms with E-state index in [2.05, 4.69) is 4.98 Å². The van der Waals surface area contributed by atoms with Gasteiger partial charge in [0.2, 0.25) is 0 Å². The lowest BCUT2D eigenvalue weighted by molar-refractivity contribution is 0.198. The summed E-state index contributed by atoms with van der Waals surface area (Å²) < 4.78 is 1.15. The number of nitrogens with zero attached hydrogens (tertiary/aromatic N) is 1. The molecule has 0 radical (unpaired) electrons. The number of carbonyl (C=O) groups is 1. The highest BCUT2D eigenvalue weighted by Gasteiger charge is 2.17. The number of rotatable bonds is 1. The molecule has 0 saturated heterocycles. The molecule has 0 amide bonds. The van der Waals surface area contributed by atoms with Gasteiger partial charge in [0, 0.05) is 10.9 Å². The predicted molar refractivity (Wildman–Crippen MR) is 88.9 cm³/mol. The maximum atomic E-state index is 12.4. The van der Waals surface area contributed by atoms with Crippen LogP contribution in [0.25, 0.3) is 33.1 Å². The molecule has 0 atom stereocenters. The highest BCUT2D eigenvalue weighted by Crippen LogP contribution is 2.27. The van der Waals surface area contributed by atoms with Gasteiger partial charge in [-0.3, -0.25) is 4.79 Å². The molecule has 0 bridgehead atoms. The maximum Gasteiger partial charge on any atom is 0.416 e. The molecule has 5 nitrogen and oxygen atoms in total. The van der Waals surface area contributed by atoms with E-state index in [1.54, 1.807) is 24.3 Å². The Balaban J connectivity index is 2.10. The third-order valence-corrected chi connectivity index (χ3v) is 3.93. The number of H-pyrrole nitrogens is 1. The third kappa shape index (κ3) is 2.02. The zero-order chi connectivity index (χ0) is 16.0. The van der Waals surface area contributed by atoms with E-state index in [0.717, 1.165) is 20.9 Å². The standard InChI is InChI=1S/C18H12N2O3/c21-17-13(9-11-5-1-3-7-14(11)19-17)16-10-12-6-2-4-8-15(12)20(16)18(22)23/h1-10H,(H,19,21)(H,22,23). The summed E-state index contributed by atoms with van der Waals surface area (Å²) in [5, 5.41) is 11.2. The number of pyridine rings is 1. The molecule has 0 spiro atoms. The van der Waals surface area contributed by atoms with Crippen LogP contribution < -0.4 is 5.56 Å². The van der Waals surface area contributed by atoms with Gasteiger partial charge in [-0.15, -0.1) is 0 Å². The fourth-order valence-electron chi connectivity index (χ4n) is 2.90. The number of hydrogen-bond donors (Lipinski definition) is 2. The van der Waals surface area contributed by atoms with E-state index in [9.17, 15) is 14.7 Å². The van der Waals surface area contributed by atoms with Crippen LogP contribution in [0.4, 0.5) is 4.79 Å². The lowest BCUT2D eigenvalue weighted by Crippen LogP contribution is -2.15. The lowest BCUT2D eigenvalue weighted by atomic mass is 10.1. The second-order valence-corrected chi connectivity index (χ2v) is 5.31. The van der Waals surface area contributed by atoms with Gasteiger partial charge in [0.05, 0.1) is 16.8 Å². The summed E-state index contributed by atoms with van der Waals surface area (Å²) in [4.78, 5) is 26.9. The summed E-state index contributed by atoms with van der Waals surface area (Å²) in [6, 6.07) is 18.0. The molecule has 0 aliphatic carbocycles. The molecule has 0 aliphatic heterocycles. The van der Waals surface area contributed by atoms with Crippen molar-refractivity contribution in [3.8, 4) is 11.3 Å². The Kier molecular flexibility index (Phi) is 2.81. The Morgan fingerprint density at radius 1 is 0.957 bits per heavy atom. The van der Waals surface area contributed by atoms with E-state index in [0.29, 0.717) is 16.8 Å². The summed E-state index contributed by atoms with van der Waals surface area (Å²) in [6.45, 7) is 0. The number of para-hydroxylation sites is 2. The Bertz CT molecular complexity index is 1120. The predicted octanol–water partition coefficient (Wildman–Crippen LogP) is 3.68. The first-order valence-electron chi connectivity index (χ1n) is 7.11. The van der Waals surface area contributed by atoms with Crippen molar-refractivity contribution in [2.75, 3.05) is 0 Å². The summed E-state index contributed by atoms with van der Waals surface area (Å²) in [6.07, 6.45) is -1.12. The molecule has 23 heavy (non-hydrogen) atoms. The van der Waals surface area contributed by atoms with Crippen molar-refractivity contribution in [1.29, 1.82) is 0 Å². The van der Waals surface area contributed by atoms with Crippen LogP contribution >= 0.6 is 0 Å². The molecule has 0 fully saturated rings. The number of carboxylic acid groups (broad SMARTS) is 1. The molecular weight excluding hydrogens is 292 g/mol.